The smallest absolute Gasteiger partial charge is 0.228 e. The van der Waals surface area contributed by atoms with Crippen LogP contribution < -0.4 is 14.7 Å². The molecule has 3 aromatic rings. The average molecular weight is 500 g/mol. The van der Waals surface area contributed by atoms with E-state index in [0.29, 0.717) is 43.0 Å². The Morgan fingerprint density at radius 1 is 0.886 bits per heavy atom. The van der Waals surface area contributed by atoms with E-state index >= 15 is 0 Å². The average Bonchev–Trinajstić information content (AvgIpc) is 3.26. The lowest BCUT2D eigenvalue weighted by Crippen LogP contribution is -2.52. The second-order valence-electron chi connectivity index (χ2n) is 9.16. The summed E-state index contributed by atoms with van der Waals surface area (Å²) in [7, 11) is 0. The third-order valence-electron chi connectivity index (χ3n) is 6.84. The minimum atomic E-state index is -0.453. The second-order valence-corrected chi connectivity index (χ2v) is 9.57. The second kappa shape index (κ2) is 10.4. The molecule has 1 aromatic heterocycles. The van der Waals surface area contributed by atoms with E-state index in [1.165, 1.54) is 12.1 Å². The maximum Gasteiger partial charge on any atom is 0.228 e. The zero-order valence-corrected chi connectivity index (χ0v) is 20.1. The van der Waals surface area contributed by atoms with Crippen LogP contribution in [0.1, 0.15) is 34.1 Å². The lowest BCUT2D eigenvalue weighted by Gasteiger charge is -2.42. The van der Waals surface area contributed by atoms with Gasteiger partial charge in [0.2, 0.25) is 5.95 Å². The zero-order chi connectivity index (χ0) is 23.8. The quantitative estimate of drug-likeness (QED) is 0.414. The van der Waals surface area contributed by atoms with Gasteiger partial charge in [0, 0.05) is 49.9 Å². The van der Waals surface area contributed by atoms with Gasteiger partial charge >= 0.3 is 0 Å². The molecule has 0 bridgehead atoms. The van der Waals surface area contributed by atoms with E-state index < -0.39 is 5.82 Å². The molecular formula is C27H32ClF2N5. The molecule has 2 saturated heterocycles. The summed E-state index contributed by atoms with van der Waals surface area (Å²) in [5, 5.41) is 0.0700. The van der Waals surface area contributed by atoms with E-state index in [9.17, 15) is 8.78 Å². The lowest BCUT2D eigenvalue weighted by molar-refractivity contribution is 0.533. The summed E-state index contributed by atoms with van der Waals surface area (Å²) in [6, 6.07) is 14.0. The Labute approximate surface area is 211 Å². The molecule has 2 aliphatic rings. The van der Waals surface area contributed by atoms with Gasteiger partial charge in [-0.1, -0.05) is 31.2 Å². The van der Waals surface area contributed by atoms with E-state index in [1.807, 2.05) is 18.2 Å². The first-order valence-electron chi connectivity index (χ1n) is 11.8. The number of nitrogens with zero attached hydrogens (tertiary/aromatic N) is 5. The molecule has 0 N–H and O–H groups in total. The van der Waals surface area contributed by atoms with E-state index in [-0.39, 0.29) is 24.3 Å². The molecule has 0 unspecified atom stereocenters. The van der Waals surface area contributed by atoms with Crippen molar-refractivity contribution in [1.29, 1.82) is 0 Å². The molecule has 0 spiro atoms. The summed E-state index contributed by atoms with van der Waals surface area (Å²) in [5.41, 5.74) is 2.09. The molecule has 0 amide bonds. The van der Waals surface area contributed by atoms with Crippen LogP contribution in [0.3, 0.4) is 0 Å². The molecule has 5 rings (SSSR count). The highest BCUT2D eigenvalue weighted by molar-refractivity contribution is 6.31. The van der Waals surface area contributed by atoms with E-state index in [0.717, 1.165) is 30.8 Å². The number of benzene rings is 2. The number of aromatic nitrogens is 2. The van der Waals surface area contributed by atoms with Gasteiger partial charge in [-0.15, -0.1) is 0 Å². The number of rotatable bonds is 4. The summed E-state index contributed by atoms with van der Waals surface area (Å²) in [6.45, 7) is 7.28. The Hall–Kier alpha value is -2.93. The van der Waals surface area contributed by atoms with Crippen molar-refractivity contribution < 1.29 is 8.78 Å². The molecule has 2 fully saturated rings. The Kier molecular flexibility index (Phi) is 7.45. The largest absolute Gasteiger partial charge is 0.365 e. The van der Waals surface area contributed by atoms with Gasteiger partial charge in [0.05, 0.1) is 16.4 Å². The molecule has 0 saturated carbocycles. The van der Waals surface area contributed by atoms with Crippen molar-refractivity contribution in [2.45, 2.75) is 46.2 Å². The third-order valence-corrected chi connectivity index (χ3v) is 7.13. The summed E-state index contributed by atoms with van der Waals surface area (Å²) >= 11 is 6.08. The number of piperazine rings is 1. The van der Waals surface area contributed by atoms with Crippen molar-refractivity contribution in [3.63, 3.8) is 0 Å². The van der Waals surface area contributed by atoms with Crippen LogP contribution in [0.4, 0.5) is 26.2 Å². The van der Waals surface area contributed by atoms with Gasteiger partial charge in [-0.25, -0.2) is 13.8 Å². The minimum absolute atomic E-state index is 0. The van der Waals surface area contributed by atoms with Crippen molar-refractivity contribution in [3.05, 3.63) is 65.2 Å². The molecule has 2 aliphatic heterocycles. The van der Waals surface area contributed by atoms with Crippen molar-refractivity contribution in [1.82, 2.24) is 9.97 Å². The predicted octanol–water partition coefficient (Wildman–Crippen LogP) is 6.42. The maximum absolute atomic E-state index is 14.4. The zero-order valence-electron chi connectivity index (χ0n) is 19.4. The minimum Gasteiger partial charge on any atom is -0.365 e. The van der Waals surface area contributed by atoms with Crippen LogP contribution in [0.15, 0.2) is 48.5 Å². The fourth-order valence-electron chi connectivity index (χ4n) is 4.96. The molecule has 3 heterocycles. The van der Waals surface area contributed by atoms with Crippen LogP contribution in [0, 0.1) is 11.6 Å². The van der Waals surface area contributed by atoms with Crippen LogP contribution in [0.25, 0.3) is 11.3 Å². The van der Waals surface area contributed by atoms with Crippen LogP contribution >= 0.6 is 11.6 Å². The van der Waals surface area contributed by atoms with Gasteiger partial charge in [0.1, 0.15) is 17.5 Å². The summed E-state index contributed by atoms with van der Waals surface area (Å²) < 4.78 is 28.2. The van der Waals surface area contributed by atoms with Crippen molar-refractivity contribution >= 4 is 29.1 Å². The molecule has 2 aromatic carbocycles. The number of hydrogen-bond donors (Lipinski definition) is 0. The van der Waals surface area contributed by atoms with Gasteiger partial charge < -0.3 is 14.7 Å². The summed E-state index contributed by atoms with van der Waals surface area (Å²) in [5.74, 6) is 0.846. The topological polar surface area (TPSA) is 35.5 Å². The highest BCUT2D eigenvalue weighted by Crippen LogP contribution is 2.32. The van der Waals surface area contributed by atoms with Crippen LogP contribution in [-0.2, 0) is 0 Å². The third kappa shape index (κ3) is 5.06. The van der Waals surface area contributed by atoms with E-state index in [4.69, 9.17) is 21.6 Å². The first-order valence-corrected chi connectivity index (χ1v) is 12.2. The van der Waals surface area contributed by atoms with Gasteiger partial charge in [-0.2, -0.15) is 4.98 Å². The number of para-hydroxylation sites is 1. The van der Waals surface area contributed by atoms with Crippen molar-refractivity contribution in [2.24, 2.45) is 0 Å². The monoisotopic (exact) mass is 499 g/mol. The van der Waals surface area contributed by atoms with Crippen LogP contribution in [-0.4, -0.2) is 48.2 Å². The molecule has 0 radical (unpaired) electrons. The summed E-state index contributed by atoms with van der Waals surface area (Å²) in [4.78, 5) is 16.4. The van der Waals surface area contributed by atoms with Crippen LogP contribution in [0.5, 0.6) is 0 Å². The number of hydrogen-bond acceptors (Lipinski definition) is 5. The normalized spacial score (nSPS) is 20.2. The first-order chi connectivity index (χ1) is 16.4. The fourth-order valence-corrected chi connectivity index (χ4v) is 5.14. The Morgan fingerprint density at radius 3 is 2.37 bits per heavy atom. The first kappa shape index (κ1) is 25.2. The number of anilines is 3. The Bertz CT molecular complexity index is 1190. The molecular weight excluding hydrogens is 468 g/mol. The van der Waals surface area contributed by atoms with E-state index in [2.05, 4.69) is 28.5 Å². The molecule has 0 aliphatic carbocycles. The number of halogens is 3. The van der Waals surface area contributed by atoms with Gasteiger partial charge in [0.25, 0.3) is 0 Å². The van der Waals surface area contributed by atoms with Gasteiger partial charge in [0.15, 0.2) is 0 Å². The Balaban J connectivity index is 0.00000289. The highest BCUT2D eigenvalue weighted by Gasteiger charge is 2.29. The standard InChI is InChI=1S/C26H28ClF2N5.CH4/c1-17-6-5-11-34(17)26-30-23(19-9-10-21(28)20(27)14-19)15-25(31-26)33-13-12-32(16-18(33)2)24-8-4-3-7-22(24)29;/h3-4,7-10,14-15,17-18H,5-6,11-13,16H2,1-2H3;1H4/t17-,18-;/m1./s1. The molecule has 5 nitrogen and oxygen atoms in total. The van der Waals surface area contributed by atoms with Crippen LogP contribution in [0.2, 0.25) is 5.02 Å². The summed E-state index contributed by atoms with van der Waals surface area (Å²) in [6.07, 6.45) is 2.20. The van der Waals surface area contributed by atoms with Gasteiger partial charge in [-0.05, 0) is 57.0 Å². The predicted molar refractivity (Wildman–Crippen MR) is 141 cm³/mol. The highest BCUT2D eigenvalue weighted by atomic mass is 35.5. The van der Waals surface area contributed by atoms with Gasteiger partial charge in [-0.3, -0.25) is 0 Å². The maximum atomic E-state index is 14.4. The van der Waals surface area contributed by atoms with Crippen molar-refractivity contribution in [3.8, 4) is 11.3 Å². The molecule has 8 heteroatoms. The SMILES string of the molecule is C.C[C@@H]1CN(c2ccccc2F)CCN1c1cc(-c2ccc(F)c(Cl)c2)nc(N2CCC[C@H]2C)n1. The fraction of sp³-hybridized carbons (Fsp3) is 0.407. The Morgan fingerprint density at radius 2 is 1.69 bits per heavy atom. The molecule has 2 atom stereocenters. The molecule has 35 heavy (non-hydrogen) atoms. The lowest BCUT2D eigenvalue weighted by atomic mass is 10.1. The molecule has 186 valence electrons. The van der Waals surface area contributed by atoms with Crippen molar-refractivity contribution in [2.75, 3.05) is 40.9 Å². The van der Waals surface area contributed by atoms with E-state index in [1.54, 1.807) is 18.2 Å².